The lowest BCUT2D eigenvalue weighted by Crippen LogP contribution is -2.26. The molecule has 1 atom stereocenters. The molecule has 1 aromatic rings. The Kier molecular flexibility index (Phi) is 5.53. The van der Waals surface area contributed by atoms with E-state index in [9.17, 15) is 4.79 Å². The van der Waals surface area contributed by atoms with Gasteiger partial charge in [-0.2, -0.15) is 0 Å². The van der Waals surface area contributed by atoms with Gasteiger partial charge in [-0.05, 0) is 18.6 Å². The number of halogens is 3. The van der Waals surface area contributed by atoms with E-state index in [2.05, 4.69) is 10.1 Å². The van der Waals surface area contributed by atoms with Gasteiger partial charge in [0.1, 0.15) is 0 Å². The Labute approximate surface area is 115 Å². The van der Waals surface area contributed by atoms with Gasteiger partial charge in [-0.3, -0.25) is 4.79 Å². The van der Waals surface area contributed by atoms with Crippen LogP contribution in [0.15, 0.2) is 12.1 Å². The molecule has 0 aliphatic rings. The first-order chi connectivity index (χ1) is 7.97. The number of nitrogens with one attached hydrogen (secondary N) is 1. The Hall–Kier alpha value is -0.480. The number of benzene rings is 1. The van der Waals surface area contributed by atoms with Crippen LogP contribution >= 0.6 is 34.8 Å². The molecule has 0 spiro atoms. The van der Waals surface area contributed by atoms with Gasteiger partial charge in [-0.25, -0.2) is 0 Å². The number of hydrogen-bond acceptors (Lipinski definition) is 3. The van der Waals surface area contributed by atoms with Crippen molar-refractivity contribution in [2.24, 2.45) is 0 Å². The molecule has 1 N–H and O–H groups in total. The molecule has 0 radical (unpaired) electrons. The Morgan fingerprint density at radius 2 is 2.00 bits per heavy atom. The highest BCUT2D eigenvalue weighted by atomic mass is 35.5. The lowest BCUT2D eigenvalue weighted by atomic mass is 10.1. The van der Waals surface area contributed by atoms with E-state index in [1.807, 2.05) is 6.92 Å². The molecule has 0 bridgehead atoms. The van der Waals surface area contributed by atoms with Gasteiger partial charge in [0.15, 0.2) is 0 Å². The van der Waals surface area contributed by atoms with E-state index in [-0.39, 0.29) is 18.6 Å². The third kappa shape index (κ3) is 3.75. The largest absolute Gasteiger partial charge is 0.468 e. The van der Waals surface area contributed by atoms with E-state index in [1.54, 1.807) is 12.1 Å². The molecule has 0 amide bonds. The highest BCUT2D eigenvalue weighted by molar-refractivity contribution is 6.48. The SMILES string of the molecule is COC(=O)CNC(C)c1ccc(Cl)c(Cl)c1Cl. The van der Waals surface area contributed by atoms with E-state index >= 15 is 0 Å². The molecule has 0 aromatic heterocycles. The number of esters is 1. The molecule has 6 heteroatoms. The van der Waals surface area contributed by atoms with Gasteiger partial charge < -0.3 is 10.1 Å². The monoisotopic (exact) mass is 295 g/mol. The molecule has 0 saturated carbocycles. The van der Waals surface area contributed by atoms with E-state index < -0.39 is 0 Å². The number of methoxy groups -OCH3 is 1. The Bertz CT molecular complexity index is 423. The van der Waals surface area contributed by atoms with E-state index in [1.165, 1.54) is 7.11 Å². The maximum absolute atomic E-state index is 11.0. The summed E-state index contributed by atoms with van der Waals surface area (Å²) < 4.78 is 4.53. The molecule has 1 rings (SSSR count). The molecular weight excluding hydrogens is 284 g/mol. The third-order valence-corrected chi connectivity index (χ3v) is 3.62. The highest BCUT2D eigenvalue weighted by Gasteiger charge is 2.14. The van der Waals surface area contributed by atoms with Crippen LogP contribution in [0.4, 0.5) is 0 Å². The van der Waals surface area contributed by atoms with Crippen molar-refractivity contribution >= 4 is 40.8 Å². The topological polar surface area (TPSA) is 38.3 Å². The lowest BCUT2D eigenvalue weighted by molar-refractivity contribution is -0.139. The summed E-state index contributed by atoms with van der Waals surface area (Å²) in [4.78, 5) is 11.0. The molecule has 1 aromatic carbocycles. The Morgan fingerprint density at radius 3 is 2.59 bits per heavy atom. The molecule has 0 aliphatic heterocycles. The van der Waals surface area contributed by atoms with Crippen LogP contribution in [0, 0.1) is 0 Å². The zero-order chi connectivity index (χ0) is 13.0. The first-order valence-corrected chi connectivity index (χ1v) is 6.04. The van der Waals surface area contributed by atoms with Crippen LogP contribution in [0.2, 0.25) is 15.1 Å². The minimum Gasteiger partial charge on any atom is -0.468 e. The first kappa shape index (κ1) is 14.6. The summed E-state index contributed by atoms with van der Waals surface area (Å²) >= 11 is 17.8. The predicted octanol–water partition coefficient (Wildman–Crippen LogP) is 3.47. The summed E-state index contributed by atoms with van der Waals surface area (Å²) in [6.45, 7) is 1.97. The van der Waals surface area contributed by atoms with Crippen molar-refractivity contribution in [2.75, 3.05) is 13.7 Å². The quantitative estimate of drug-likeness (QED) is 0.683. The first-order valence-electron chi connectivity index (χ1n) is 4.91. The van der Waals surface area contributed by atoms with Crippen LogP contribution in [-0.2, 0) is 9.53 Å². The second-order valence-corrected chi connectivity index (χ2v) is 4.61. The van der Waals surface area contributed by atoms with Crippen LogP contribution in [-0.4, -0.2) is 19.6 Å². The predicted molar refractivity (Wildman–Crippen MR) is 69.9 cm³/mol. The summed E-state index contributed by atoms with van der Waals surface area (Å²) in [5, 5.41) is 4.09. The molecule has 17 heavy (non-hydrogen) atoms. The molecule has 0 fully saturated rings. The number of ether oxygens (including phenoxy) is 1. The summed E-state index contributed by atoms with van der Waals surface area (Å²) in [7, 11) is 1.33. The molecule has 0 saturated heterocycles. The van der Waals surface area contributed by atoms with Crippen LogP contribution < -0.4 is 5.32 Å². The second kappa shape index (κ2) is 6.45. The van der Waals surface area contributed by atoms with E-state index in [0.717, 1.165) is 5.56 Å². The maximum atomic E-state index is 11.0. The standard InChI is InChI=1S/C11H12Cl3NO2/c1-6(15-5-9(16)17-2)7-3-4-8(12)11(14)10(7)13/h3-4,6,15H,5H2,1-2H3. The number of hydrogen-bond donors (Lipinski definition) is 1. The molecule has 1 unspecified atom stereocenters. The fraction of sp³-hybridized carbons (Fsp3) is 0.364. The number of rotatable bonds is 4. The van der Waals surface area contributed by atoms with Gasteiger partial charge in [-0.15, -0.1) is 0 Å². The van der Waals surface area contributed by atoms with Crippen molar-refractivity contribution in [1.29, 1.82) is 0 Å². The Morgan fingerprint density at radius 1 is 1.35 bits per heavy atom. The fourth-order valence-electron chi connectivity index (χ4n) is 1.29. The van der Waals surface area contributed by atoms with Crippen LogP contribution in [0.3, 0.4) is 0 Å². The molecular formula is C11H12Cl3NO2. The van der Waals surface area contributed by atoms with Gasteiger partial charge in [0.05, 0.1) is 28.7 Å². The average molecular weight is 297 g/mol. The normalized spacial score (nSPS) is 12.3. The lowest BCUT2D eigenvalue weighted by Gasteiger charge is -2.16. The van der Waals surface area contributed by atoms with Crippen LogP contribution in [0.25, 0.3) is 0 Å². The van der Waals surface area contributed by atoms with Gasteiger partial charge in [0.25, 0.3) is 0 Å². The number of carbonyl (C=O) groups excluding carboxylic acids is 1. The van der Waals surface area contributed by atoms with Crippen molar-refractivity contribution in [1.82, 2.24) is 5.32 Å². The van der Waals surface area contributed by atoms with Gasteiger partial charge in [0.2, 0.25) is 0 Å². The number of carbonyl (C=O) groups is 1. The van der Waals surface area contributed by atoms with Crippen molar-refractivity contribution in [3.63, 3.8) is 0 Å². The van der Waals surface area contributed by atoms with Crippen LogP contribution in [0.1, 0.15) is 18.5 Å². The summed E-state index contributed by atoms with van der Waals surface area (Å²) in [5.41, 5.74) is 0.782. The van der Waals surface area contributed by atoms with Crippen molar-refractivity contribution in [2.45, 2.75) is 13.0 Å². The third-order valence-electron chi connectivity index (χ3n) is 2.31. The smallest absolute Gasteiger partial charge is 0.319 e. The second-order valence-electron chi connectivity index (χ2n) is 3.44. The van der Waals surface area contributed by atoms with Crippen molar-refractivity contribution in [3.05, 3.63) is 32.8 Å². The highest BCUT2D eigenvalue weighted by Crippen LogP contribution is 2.35. The van der Waals surface area contributed by atoms with E-state index in [0.29, 0.717) is 15.1 Å². The molecule has 0 heterocycles. The van der Waals surface area contributed by atoms with Gasteiger partial charge >= 0.3 is 5.97 Å². The average Bonchev–Trinajstić information content (AvgIpc) is 2.32. The van der Waals surface area contributed by atoms with Crippen molar-refractivity contribution in [3.8, 4) is 0 Å². The fourth-order valence-corrected chi connectivity index (χ4v) is 2.00. The van der Waals surface area contributed by atoms with Gasteiger partial charge in [0, 0.05) is 6.04 Å². The van der Waals surface area contributed by atoms with Crippen molar-refractivity contribution < 1.29 is 9.53 Å². The Balaban J connectivity index is 2.79. The van der Waals surface area contributed by atoms with Crippen LogP contribution in [0.5, 0.6) is 0 Å². The minimum absolute atomic E-state index is 0.105. The zero-order valence-corrected chi connectivity index (χ0v) is 11.7. The summed E-state index contributed by atoms with van der Waals surface area (Å²) in [5.74, 6) is -0.340. The van der Waals surface area contributed by atoms with Gasteiger partial charge in [-0.1, -0.05) is 40.9 Å². The summed E-state index contributed by atoms with van der Waals surface area (Å²) in [6.07, 6.45) is 0. The van der Waals surface area contributed by atoms with E-state index in [4.69, 9.17) is 34.8 Å². The zero-order valence-electron chi connectivity index (χ0n) is 9.39. The minimum atomic E-state index is -0.340. The molecule has 3 nitrogen and oxygen atoms in total. The maximum Gasteiger partial charge on any atom is 0.319 e. The molecule has 94 valence electrons. The molecule has 0 aliphatic carbocycles. The summed E-state index contributed by atoms with van der Waals surface area (Å²) in [6, 6.07) is 3.31.